The van der Waals surface area contributed by atoms with Gasteiger partial charge < -0.3 is 15.6 Å². The Bertz CT molecular complexity index is 327. The number of ether oxygens (including phenoxy) is 1. The van der Waals surface area contributed by atoms with Crippen LogP contribution < -0.4 is 10.5 Å². The molecule has 0 aromatic carbocycles. The van der Waals surface area contributed by atoms with E-state index < -0.39 is 0 Å². The zero-order valence-corrected chi connectivity index (χ0v) is 9.29. The highest BCUT2D eigenvalue weighted by Gasteiger charge is 2.11. The normalized spacial score (nSPS) is 10.4. The number of rotatable bonds is 5. The van der Waals surface area contributed by atoms with Crippen LogP contribution in [0, 0.1) is 6.92 Å². The molecule has 0 aliphatic heterocycles. The molecule has 0 fully saturated rings. The van der Waals surface area contributed by atoms with Crippen LogP contribution in [-0.2, 0) is 13.2 Å². The predicted octanol–water partition coefficient (Wildman–Crippen LogP) is 1.13. The standard InChI is InChI=1S/C11H18N2O2/c1-3-4-15-11-8(2)13-6-9(7-14)10(11)5-12/h6,14H,3-5,7,12H2,1-2H3. The third kappa shape index (κ3) is 2.67. The largest absolute Gasteiger partial charge is 0.491 e. The Morgan fingerprint density at radius 2 is 2.27 bits per heavy atom. The van der Waals surface area contributed by atoms with E-state index in [1.807, 2.05) is 13.8 Å². The van der Waals surface area contributed by atoms with Gasteiger partial charge in [-0.3, -0.25) is 4.98 Å². The molecule has 4 nitrogen and oxygen atoms in total. The minimum absolute atomic E-state index is 0.0533. The van der Waals surface area contributed by atoms with E-state index in [1.165, 1.54) is 0 Å². The van der Waals surface area contributed by atoms with Gasteiger partial charge in [0.2, 0.25) is 0 Å². The smallest absolute Gasteiger partial charge is 0.145 e. The van der Waals surface area contributed by atoms with Crippen molar-refractivity contribution in [3.63, 3.8) is 0 Å². The van der Waals surface area contributed by atoms with Gasteiger partial charge >= 0.3 is 0 Å². The lowest BCUT2D eigenvalue weighted by atomic mass is 10.1. The van der Waals surface area contributed by atoms with Crippen molar-refractivity contribution >= 4 is 0 Å². The summed E-state index contributed by atoms with van der Waals surface area (Å²) in [4.78, 5) is 4.17. The fourth-order valence-electron chi connectivity index (χ4n) is 1.43. The molecule has 1 aromatic heterocycles. The predicted molar refractivity (Wildman–Crippen MR) is 58.6 cm³/mol. The Morgan fingerprint density at radius 1 is 1.53 bits per heavy atom. The molecular weight excluding hydrogens is 192 g/mol. The quantitative estimate of drug-likeness (QED) is 0.764. The van der Waals surface area contributed by atoms with Crippen molar-refractivity contribution in [1.82, 2.24) is 4.98 Å². The number of nitrogens with zero attached hydrogens (tertiary/aromatic N) is 1. The van der Waals surface area contributed by atoms with E-state index in [1.54, 1.807) is 6.20 Å². The molecule has 15 heavy (non-hydrogen) atoms. The van der Waals surface area contributed by atoms with Crippen molar-refractivity contribution < 1.29 is 9.84 Å². The third-order valence-electron chi connectivity index (χ3n) is 2.23. The molecule has 0 saturated carbocycles. The Labute approximate surface area is 90.1 Å². The molecule has 0 bridgehead atoms. The summed E-state index contributed by atoms with van der Waals surface area (Å²) in [5.74, 6) is 0.728. The van der Waals surface area contributed by atoms with Crippen LogP contribution in [-0.4, -0.2) is 16.7 Å². The lowest BCUT2D eigenvalue weighted by Gasteiger charge is -2.14. The minimum Gasteiger partial charge on any atom is -0.491 e. The van der Waals surface area contributed by atoms with E-state index >= 15 is 0 Å². The van der Waals surface area contributed by atoms with Crippen LogP contribution in [0.3, 0.4) is 0 Å². The Morgan fingerprint density at radius 3 is 2.80 bits per heavy atom. The molecule has 0 atom stereocenters. The maximum absolute atomic E-state index is 9.14. The Hall–Kier alpha value is -1.13. The summed E-state index contributed by atoms with van der Waals surface area (Å²) in [6.45, 7) is 4.87. The molecular formula is C11H18N2O2. The number of pyridine rings is 1. The zero-order valence-electron chi connectivity index (χ0n) is 9.29. The Kier molecular flexibility index (Phi) is 4.52. The molecule has 0 spiro atoms. The molecule has 1 aromatic rings. The van der Waals surface area contributed by atoms with Gasteiger partial charge in [0.15, 0.2) is 0 Å². The van der Waals surface area contributed by atoms with E-state index in [2.05, 4.69) is 4.98 Å². The van der Waals surface area contributed by atoms with Crippen LogP contribution in [0.25, 0.3) is 0 Å². The molecule has 0 amide bonds. The van der Waals surface area contributed by atoms with E-state index in [4.69, 9.17) is 15.6 Å². The number of aryl methyl sites for hydroxylation is 1. The summed E-state index contributed by atoms with van der Waals surface area (Å²) < 4.78 is 5.60. The number of nitrogens with two attached hydrogens (primary N) is 1. The first-order valence-corrected chi connectivity index (χ1v) is 5.15. The highest BCUT2D eigenvalue weighted by atomic mass is 16.5. The average Bonchev–Trinajstić information content (AvgIpc) is 2.27. The van der Waals surface area contributed by atoms with Gasteiger partial charge in [-0.25, -0.2) is 0 Å². The number of aromatic nitrogens is 1. The SMILES string of the molecule is CCCOc1c(C)ncc(CO)c1CN. The lowest BCUT2D eigenvalue weighted by molar-refractivity contribution is 0.275. The van der Waals surface area contributed by atoms with Crippen molar-refractivity contribution in [2.24, 2.45) is 5.73 Å². The van der Waals surface area contributed by atoms with Crippen LogP contribution in [0.15, 0.2) is 6.20 Å². The monoisotopic (exact) mass is 210 g/mol. The van der Waals surface area contributed by atoms with E-state index in [0.29, 0.717) is 13.2 Å². The molecule has 4 heteroatoms. The minimum atomic E-state index is -0.0533. The number of hydrogen-bond acceptors (Lipinski definition) is 4. The first-order valence-electron chi connectivity index (χ1n) is 5.15. The fourth-order valence-corrected chi connectivity index (χ4v) is 1.43. The van der Waals surface area contributed by atoms with E-state index in [9.17, 15) is 0 Å². The van der Waals surface area contributed by atoms with Crippen LogP contribution in [0.2, 0.25) is 0 Å². The molecule has 84 valence electrons. The number of aliphatic hydroxyl groups is 1. The second-order valence-corrected chi connectivity index (χ2v) is 3.39. The molecule has 1 heterocycles. The maximum Gasteiger partial charge on any atom is 0.145 e. The van der Waals surface area contributed by atoms with Gasteiger partial charge in [-0.15, -0.1) is 0 Å². The summed E-state index contributed by atoms with van der Waals surface area (Å²) in [5.41, 5.74) is 8.07. The van der Waals surface area contributed by atoms with Gasteiger partial charge in [0, 0.05) is 23.9 Å². The van der Waals surface area contributed by atoms with Gasteiger partial charge in [0.05, 0.1) is 18.9 Å². The van der Waals surface area contributed by atoms with Gasteiger partial charge in [0.1, 0.15) is 5.75 Å². The van der Waals surface area contributed by atoms with E-state index in [0.717, 1.165) is 29.0 Å². The summed E-state index contributed by atoms with van der Waals surface area (Å²) >= 11 is 0. The van der Waals surface area contributed by atoms with Gasteiger partial charge in [0.25, 0.3) is 0 Å². The molecule has 1 rings (SSSR count). The fraction of sp³-hybridized carbons (Fsp3) is 0.545. The summed E-state index contributed by atoms with van der Waals surface area (Å²) in [6, 6.07) is 0. The summed E-state index contributed by atoms with van der Waals surface area (Å²) in [5, 5.41) is 9.14. The summed E-state index contributed by atoms with van der Waals surface area (Å²) in [7, 11) is 0. The van der Waals surface area contributed by atoms with Gasteiger partial charge in [-0.1, -0.05) is 6.92 Å². The topological polar surface area (TPSA) is 68.4 Å². The molecule has 3 N–H and O–H groups in total. The van der Waals surface area contributed by atoms with Crippen LogP contribution in [0.5, 0.6) is 5.75 Å². The molecule has 0 unspecified atom stereocenters. The van der Waals surface area contributed by atoms with Gasteiger partial charge in [-0.2, -0.15) is 0 Å². The zero-order chi connectivity index (χ0) is 11.3. The van der Waals surface area contributed by atoms with Crippen molar-refractivity contribution in [1.29, 1.82) is 0 Å². The van der Waals surface area contributed by atoms with Crippen molar-refractivity contribution in [3.8, 4) is 5.75 Å². The highest BCUT2D eigenvalue weighted by Crippen LogP contribution is 2.25. The van der Waals surface area contributed by atoms with Crippen LogP contribution >= 0.6 is 0 Å². The average molecular weight is 210 g/mol. The molecule has 0 aliphatic rings. The molecule has 0 aliphatic carbocycles. The second kappa shape index (κ2) is 5.68. The maximum atomic E-state index is 9.14. The highest BCUT2D eigenvalue weighted by molar-refractivity contribution is 5.41. The Balaban J connectivity index is 3.07. The van der Waals surface area contributed by atoms with Crippen molar-refractivity contribution in [2.45, 2.75) is 33.4 Å². The number of hydrogen-bond donors (Lipinski definition) is 2. The van der Waals surface area contributed by atoms with Crippen LogP contribution in [0.1, 0.15) is 30.2 Å². The number of aliphatic hydroxyl groups excluding tert-OH is 1. The van der Waals surface area contributed by atoms with E-state index in [-0.39, 0.29) is 6.61 Å². The van der Waals surface area contributed by atoms with Crippen LogP contribution in [0.4, 0.5) is 0 Å². The lowest BCUT2D eigenvalue weighted by Crippen LogP contribution is -2.09. The van der Waals surface area contributed by atoms with Crippen molar-refractivity contribution in [2.75, 3.05) is 6.61 Å². The first kappa shape index (κ1) is 11.9. The molecule has 0 radical (unpaired) electrons. The second-order valence-electron chi connectivity index (χ2n) is 3.39. The molecule has 0 saturated heterocycles. The summed E-state index contributed by atoms with van der Waals surface area (Å²) in [6.07, 6.45) is 2.59. The van der Waals surface area contributed by atoms with Gasteiger partial charge in [-0.05, 0) is 13.3 Å². The third-order valence-corrected chi connectivity index (χ3v) is 2.23. The van der Waals surface area contributed by atoms with Crippen molar-refractivity contribution in [3.05, 3.63) is 23.0 Å². The first-order chi connectivity index (χ1) is 7.24.